The lowest BCUT2D eigenvalue weighted by atomic mass is 9.96. The molecule has 1 fully saturated rings. The predicted octanol–water partition coefficient (Wildman–Crippen LogP) is 3.41. The molecule has 2 aromatic heterocycles. The molecule has 1 aliphatic rings. The number of carbonyl (C=O) groups excluding carboxylic acids is 2. The number of rotatable bonds is 8. The minimum absolute atomic E-state index is 0.0727. The number of amides is 1. The fourth-order valence-electron chi connectivity index (χ4n) is 4.56. The van der Waals surface area contributed by atoms with E-state index in [2.05, 4.69) is 23.7 Å². The van der Waals surface area contributed by atoms with Crippen LogP contribution in [0.1, 0.15) is 36.8 Å². The maximum atomic E-state index is 13.3. The fourth-order valence-corrected chi connectivity index (χ4v) is 4.56. The first-order valence-electron chi connectivity index (χ1n) is 11.5. The van der Waals surface area contributed by atoms with Gasteiger partial charge in [-0.2, -0.15) is 0 Å². The summed E-state index contributed by atoms with van der Waals surface area (Å²) in [6.07, 6.45) is 1.78. The van der Waals surface area contributed by atoms with Gasteiger partial charge in [-0.15, -0.1) is 0 Å². The van der Waals surface area contributed by atoms with Crippen molar-refractivity contribution in [3.05, 3.63) is 71.2 Å². The van der Waals surface area contributed by atoms with Crippen molar-refractivity contribution >= 4 is 23.1 Å². The van der Waals surface area contributed by atoms with Crippen molar-refractivity contribution in [1.82, 2.24) is 19.2 Å². The molecule has 3 aromatic rings. The molecule has 1 atom stereocenters. The number of Topliss-reactive ketones (excluding diaryl/α,β-unsaturated/α-hetero) is 1. The zero-order valence-corrected chi connectivity index (χ0v) is 20.0. The van der Waals surface area contributed by atoms with Crippen LogP contribution in [0.25, 0.3) is 11.4 Å². The van der Waals surface area contributed by atoms with Crippen LogP contribution in [-0.2, 0) is 9.59 Å². The molecular formula is C26H30N4O4. The number of nitrogens with zero attached hydrogens (tertiary/aromatic N) is 4. The molecule has 34 heavy (non-hydrogen) atoms. The smallest absolute Gasteiger partial charge is 0.295 e. The molecule has 1 unspecified atom stereocenters. The number of hydrogen-bond donors (Lipinski definition) is 1. The summed E-state index contributed by atoms with van der Waals surface area (Å²) < 4.78 is 7.01. The van der Waals surface area contributed by atoms with E-state index >= 15 is 0 Å². The molecule has 0 saturated carbocycles. The number of aliphatic hydroxyl groups is 1. The first-order chi connectivity index (χ1) is 16.4. The summed E-state index contributed by atoms with van der Waals surface area (Å²) in [5, 5.41) is 11.5. The standard InChI is InChI=1S/C26H30N4O4/c1-5-28(6-2)15-16-30-23(18-10-12-19(34-4)13-11-18)21(25(32)26(30)33)24(31)22-17(3)27-20-9-7-8-14-29(20)22/h7-14,23,31H,5-6,15-16H2,1-4H3/b24-21+. The van der Waals surface area contributed by atoms with E-state index in [-0.39, 0.29) is 11.3 Å². The number of ketones is 1. The van der Waals surface area contributed by atoms with Gasteiger partial charge in [0.1, 0.15) is 17.1 Å². The van der Waals surface area contributed by atoms with Crippen molar-refractivity contribution in [3.8, 4) is 5.75 Å². The normalized spacial score (nSPS) is 17.8. The molecule has 8 heteroatoms. The molecule has 3 heterocycles. The zero-order valence-electron chi connectivity index (χ0n) is 20.0. The maximum absolute atomic E-state index is 13.3. The van der Waals surface area contributed by atoms with E-state index in [9.17, 15) is 14.7 Å². The molecule has 1 saturated heterocycles. The Bertz CT molecular complexity index is 1240. The van der Waals surface area contributed by atoms with Gasteiger partial charge in [0.05, 0.1) is 24.4 Å². The van der Waals surface area contributed by atoms with Gasteiger partial charge in [-0.1, -0.05) is 32.0 Å². The van der Waals surface area contributed by atoms with Crippen LogP contribution >= 0.6 is 0 Å². The van der Waals surface area contributed by atoms with Crippen LogP contribution in [0, 0.1) is 6.92 Å². The lowest BCUT2D eigenvalue weighted by molar-refractivity contribution is -0.140. The minimum atomic E-state index is -0.713. The van der Waals surface area contributed by atoms with Gasteiger partial charge in [0.25, 0.3) is 11.7 Å². The number of aliphatic hydroxyl groups excluding tert-OH is 1. The summed E-state index contributed by atoms with van der Waals surface area (Å²) >= 11 is 0. The number of pyridine rings is 1. The van der Waals surface area contributed by atoms with Gasteiger partial charge in [-0.25, -0.2) is 4.98 Å². The number of ether oxygens (including phenoxy) is 1. The van der Waals surface area contributed by atoms with Crippen LogP contribution in [0.5, 0.6) is 5.75 Å². The summed E-state index contributed by atoms with van der Waals surface area (Å²) in [6, 6.07) is 12.0. The number of aryl methyl sites for hydroxylation is 1. The summed E-state index contributed by atoms with van der Waals surface area (Å²) in [4.78, 5) is 34.8. The van der Waals surface area contributed by atoms with Crippen LogP contribution in [0.3, 0.4) is 0 Å². The quantitative estimate of drug-likeness (QED) is 0.314. The highest BCUT2D eigenvalue weighted by Crippen LogP contribution is 2.40. The second-order valence-electron chi connectivity index (χ2n) is 8.27. The van der Waals surface area contributed by atoms with Crippen molar-refractivity contribution < 1.29 is 19.4 Å². The number of aromatic nitrogens is 2. The third-order valence-corrected chi connectivity index (χ3v) is 6.45. The van der Waals surface area contributed by atoms with Gasteiger partial charge in [0.2, 0.25) is 0 Å². The van der Waals surface area contributed by atoms with E-state index in [4.69, 9.17) is 4.74 Å². The molecule has 0 radical (unpaired) electrons. The summed E-state index contributed by atoms with van der Waals surface area (Å²) in [6.45, 7) is 8.58. The SMILES string of the molecule is CCN(CC)CCN1C(=O)C(=O)/C(=C(/O)c2c(C)nc3ccccn23)C1c1ccc(OC)cc1. The molecule has 1 amide bonds. The van der Waals surface area contributed by atoms with E-state index < -0.39 is 17.7 Å². The highest BCUT2D eigenvalue weighted by molar-refractivity contribution is 6.46. The highest BCUT2D eigenvalue weighted by atomic mass is 16.5. The first-order valence-corrected chi connectivity index (χ1v) is 11.5. The number of benzene rings is 1. The van der Waals surface area contributed by atoms with Crippen LogP contribution in [0.15, 0.2) is 54.2 Å². The Hall–Kier alpha value is -3.65. The molecule has 1 N–H and O–H groups in total. The third kappa shape index (κ3) is 4.05. The number of likely N-dealkylation sites (tertiary alicyclic amines) is 1. The average Bonchev–Trinajstić information content (AvgIpc) is 3.32. The second kappa shape index (κ2) is 9.69. The maximum Gasteiger partial charge on any atom is 0.295 e. The fraction of sp³-hybridized carbons (Fsp3) is 0.346. The Morgan fingerprint density at radius 2 is 1.82 bits per heavy atom. The molecule has 1 aliphatic heterocycles. The topological polar surface area (TPSA) is 87.4 Å². The van der Waals surface area contributed by atoms with Crippen molar-refractivity contribution in [2.24, 2.45) is 0 Å². The lowest BCUT2D eigenvalue weighted by Crippen LogP contribution is -2.38. The Kier molecular flexibility index (Phi) is 6.70. The highest BCUT2D eigenvalue weighted by Gasteiger charge is 2.46. The summed E-state index contributed by atoms with van der Waals surface area (Å²) in [5.41, 5.74) is 2.44. The second-order valence-corrected chi connectivity index (χ2v) is 8.27. The molecule has 0 aliphatic carbocycles. The van der Waals surface area contributed by atoms with Crippen molar-refractivity contribution in [3.63, 3.8) is 0 Å². The van der Waals surface area contributed by atoms with E-state index in [0.29, 0.717) is 35.9 Å². The zero-order chi connectivity index (χ0) is 24.4. The van der Waals surface area contributed by atoms with Gasteiger partial charge in [-0.3, -0.25) is 14.0 Å². The number of methoxy groups -OCH3 is 1. The van der Waals surface area contributed by atoms with Crippen LogP contribution in [0.2, 0.25) is 0 Å². The molecule has 8 nitrogen and oxygen atoms in total. The van der Waals surface area contributed by atoms with Gasteiger partial charge >= 0.3 is 0 Å². The Morgan fingerprint density at radius 1 is 1.12 bits per heavy atom. The largest absolute Gasteiger partial charge is 0.505 e. The Labute approximate surface area is 199 Å². The van der Waals surface area contributed by atoms with E-state index in [1.165, 1.54) is 0 Å². The molecular weight excluding hydrogens is 432 g/mol. The van der Waals surface area contributed by atoms with Crippen LogP contribution < -0.4 is 4.74 Å². The van der Waals surface area contributed by atoms with E-state index in [0.717, 1.165) is 18.7 Å². The average molecular weight is 463 g/mol. The predicted molar refractivity (Wildman–Crippen MR) is 130 cm³/mol. The van der Waals surface area contributed by atoms with Gasteiger partial charge < -0.3 is 19.6 Å². The Morgan fingerprint density at radius 3 is 2.47 bits per heavy atom. The number of fused-ring (bicyclic) bond motifs is 1. The third-order valence-electron chi connectivity index (χ3n) is 6.45. The van der Waals surface area contributed by atoms with E-state index in [1.54, 1.807) is 41.7 Å². The summed E-state index contributed by atoms with van der Waals surface area (Å²) in [7, 11) is 1.58. The lowest BCUT2D eigenvalue weighted by Gasteiger charge is -2.28. The number of imidazole rings is 1. The van der Waals surface area contributed by atoms with Crippen molar-refractivity contribution in [2.75, 3.05) is 33.3 Å². The number of carbonyl (C=O) groups is 2. The molecule has 0 bridgehead atoms. The van der Waals surface area contributed by atoms with Gasteiger partial charge in [-0.05, 0) is 49.8 Å². The molecule has 4 rings (SSSR count). The summed E-state index contributed by atoms with van der Waals surface area (Å²) in [5.74, 6) is -0.855. The van der Waals surface area contributed by atoms with Crippen LogP contribution in [0.4, 0.5) is 0 Å². The first kappa shape index (κ1) is 23.5. The minimum Gasteiger partial charge on any atom is -0.505 e. The van der Waals surface area contributed by atoms with Gasteiger partial charge in [0.15, 0.2) is 5.76 Å². The monoisotopic (exact) mass is 462 g/mol. The van der Waals surface area contributed by atoms with Gasteiger partial charge in [0, 0.05) is 19.3 Å². The Balaban J connectivity index is 1.87. The number of hydrogen-bond acceptors (Lipinski definition) is 6. The molecule has 178 valence electrons. The molecule has 1 aromatic carbocycles. The number of likely N-dealkylation sites (N-methyl/N-ethyl adjacent to an activating group) is 1. The molecule has 0 spiro atoms. The van der Waals surface area contributed by atoms with E-state index in [1.807, 2.05) is 30.3 Å². The van der Waals surface area contributed by atoms with Crippen LogP contribution in [-0.4, -0.2) is 69.3 Å². The van der Waals surface area contributed by atoms with Crippen molar-refractivity contribution in [1.29, 1.82) is 0 Å². The van der Waals surface area contributed by atoms with Crippen molar-refractivity contribution in [2.45, 2.75) is 26.8 Å².